The zero-order valence-electron chi connectivity index (χ0n) is 13.5. The van der Waals surface area contributed by atoms with Gasteiger partial charge in [0.2, 0.25) is 10.0 Å². The number of rotatable bonds is 7. The zero-order chi connectivity index (χ0) is 17.8. The second-order valence-electron chi connectivity index (χ2n) is 5.34. The van der Waals surface area contributed by atoms with Crippen LogP contribution in [-0.4, -0.2) is 23.4 Å². The fourth-order valence-electron chi connectivity index (χ4n) is 1.95. The lowest BCUT2D eigenvalue weighted by atomic mass is 10.2. The van der Waals surface area contributed by atoms with E-state index in [4.69, 9.17) is 0 Å². The molecule has 0 saturated heterocycles. The summed E-state index contributed by atoms with van der Waals surface area (Å²) in [6.45, 7) is 4.09. The van der Waals surface area contributed by atoms with Gasteiger partial charge < -0.3 is 0 Å². The molecule has 0 aliphatic carbocycles. The van der Waals surface area contributed by atoms with Crippen molar-refractivity contribution in [3.63, 3.8) is 0 Å². The van der Waals surface area contributed by atoms with E-state index in [0.717, 1.165) is 5.56 Å². The van der Waals surface area contributed by atoms with Crippen molar-refractivity contribution in [3.8, 4) is 0 Å². The van der Waals surface area contributed by atoms with Gasteiger partial charge in [-0.2, -0.15) is 0 Å². The van der Waals surface area contributed by atoms with E-state index in [-0.39, 0.29) is 9.79 Å². The maximum absolute atomic E-state index is 12.3. The highest BCUT2D eigenvalue weighted by atomic mass is 32.2. The Bertz CT molecular complexity index is 888. The number of hydrogen-bond acceptors (Lipinski definition) is 4. The smallest absolute Gasteiger partial charge is 0.261 e. The molecule has 8 heteroatoms. The largest absolute Gasteiger partial charge is 0.280 e. The monoisotopic (exact) mass is 368 g/mol. The van der Waals surface area contributed by atoms with Crippen molar-refractivity contribution in [1.82, 2.24) is 4.72 Å². The SMILES string of the molecule is CCCNS(=O)(=O)c1ccc(NS(=O)(=O)c2ccc(C)cc2)cc1. The first kappa shape index (κ1) is 18.4. The standard InChI is InChI=1S/C16H20N2O4S2/c1-3-12-17-23(19,20)15-10-6-14(7-11-15)18-24(21,22)16-8-4-13(2)5-9-16/h4-11,17-18H,3,12H2,1-2H3. The average molecular weight is 368 g/mol. The quantitative estimate of drug-likeness (QED) is 0.785. The number of aryl methyl sites for hydroxylation is 1. The van der Waals surface area contributed by atoms with Crippen LogP contribution in [0, 0.1) is 6.92 Å². The highest BCUT2D eigenvalue weighted by molar-refractivity contribution is 7.92. The molecule has 0 heterocycles. The summed E-state index contributed by atoms with van der Waals surface area (Å²) in [6, 6.07) is 12.0. The summed E-state index contributed by atoms with van der Waals surface area (Å²) in [5.41, 5.74) is 1.26. The van der Waals surface area contributed by atoms with Crippen molar-refractivity contribution in [2.24, 2.45) is 0 Å². The number of benzene rings is 2. The molecule has 0 amide bonds. The molecule has 0 aromatic heterocycles. The van der Waals surface area contributed by atoms with Crippen molar-refractivity contribution in [1.29, 1.82) is 0 Å². The van der Waals surface area contributed by atoms with E-state index in [1.54, 1.807) is 12.1 Å². The Balaban J connectivity index is 2.18. The molecular formula is C16H20N2O4S2. The van der Waals surface area contributed by atoms with Crippen molar-refractivity contribution < 1.29 is 16.8 Å². The number of sulfonamides is 2. The van der Waals surface area contributed by atoms with Crippen molar-refractivity contribution in [2.45, 2.75) is 30.1 Å². The van der Waals surface area contributed by atoms with Crippen LogP contribution < -0.4 is 9.44 Å². The Morgan fingerprint density at radius 3 is 1.83 bits per heavy atom. The Morgan fingerprint density at radius 1 is 0.792 bits per heavy atom. The zero-order valence-corrected chi connectivity index (χ0v) is 15.1. The first-order valence-electron chi connectivity index (χ1n) is 7.44. The molecule has 0 atom stereocenters. The van der Waals surface area contributed by atoms with E-state index in [2.05, 4.69) is 9.44 Å². The maximum atomic E-state index is 12.3. The molecule has 0 aliphatic rings. The van der Waals surface area contributed by atoms with E-state index in [1.165, 1.54) is 36.4 Å². The Kier molecular flexibility index (Phi) is 5.63. The third kappa shape index (κ3) is 4.56. The normalized spacial score (nSPS) is 12.1. The van der Waals surface area contributed by atoms with Gasteiger partial charge in [-0.25, -0.2) is 21.6 Å². The van der Waals surface area contributed by atoms with Crippen LogP contribution in [0.15, 0.2) is 58.3 Å². The van der Waals surface area contributed by atoms with E-state index in [0.29, 0.717) is 18.7 Å². The summed E-state index contributed by atoms with van der Waals surface area (Å²) in [7, 11) is -7.27. The molecule has 130 valence electrons. The molecule has 2 N–H and O–H groups in total. The molecule has 0 saturated carbocycles. The van der Waals surface area contributed by atoms with Gasteiger partial charge in [-0.05, 0) is 49.7 Å². The minimum Gasteiger partial charge on any atom is -0.280 e. The average Bonchev–Trinajstić information content (AvgIpc) is 2.53. The second-order valence-corrected chi connectivity index (χ2v) is 8.79. The van der Waals surface area contributed by atoms with Crippen LogP contribution in [0.1, 0.15) is 18.9 Å². The summed E-state index contributed by atoms with van der Waals surface area (Å²) < 4.78 is 53.5. The van der Waals surface area contributed by atoms with Gasteiger partial charge >= 0.3 is 0 Å². The third-order valence-corrected chi connectivity index (χ3v) is 6.16. The predicted octanol–water partition coefficient (Wildman–Crippen LogP) is 2.48. The van der Waals surface area contributed by atoms with Crippen LogP contribution in [0.5, 0.6) is 0 Å². The van der Waals surface area contributed by atoms with Gasteiger partial charge in [-0.3, -0.25) is 4.72 Å². The fraction of sp³-hybridized carbons (Fsp3) is 0.250. The van der Waals surface area contributed by atoms with E-state index >= 15 is 0 Å². The van der Waals surface area contributed by atoms with Gasteiger partial charge in [0.1, 0.15) is 0 Å². The highest BCUT2D eigenvalue weighted by Gasteiger charge is 2.16. The molecule has 6 nitrogen and oxygen atoms in total. The number of anilines is 1. The van der Waals surface area contributed by atoms with Crippen LogP contribution in [0.4, 0.5) is 5.69 Å². The molecule has 2 aromatic rings. The number of hydrogen-bond donors (Lipinski definition) is 2. The van der Waals surface area contributed by atoms with Crippen LogP contribution in [0.2, 0.25) is 0 Å². The summed E-state index contributed by atoms with van der Waals surface area (Å²) in [6.07, 6.45) is 0.688. The lowest BCUT2D eigenvalue weighted by Crippen LogP contribution is -2.24. The van der Waals surface area contributed by atoms with Gasteiger partial charge in [0.05, 0.1) is 9.79 Å². The third-order valence-electron chi connectivity index (χ3n) is 3.29. The Labute approximate surface area is 143 Å². The summed E-state index contributed by atoms with van der Waals surface area (Å²) in [5.74, 6) is 0. The van der Waals surface area contributed by atoms with Gasteiger partial charge in [0, 0.05) is 12.2 Å². The first-order valence-corrected chi connectivity index (χ1v) is 10.4. The van der Waals surface area contributed by atoms with Crippen LogP contribution in [-0.2, 0) is 20.0 Å². The second kappa shape index (κ2) is 7.33. The predicted molar refractivity (Wildman–Crippen MR) is 93.9 cm³/mol. The summed E-state index contributed by atoms with van der Waals surface area (Å²) in [5, 5.41) is 0. The molecule has 2 aromatic carbocycles. The molecule has 24 heavy (non-hydrogen) atoms. The van der Waals surface area contributed by atoms with Gasteiger partial charge in [0.15, 0.2) is 0 Å². The van der Waals surface area contributed by atoms with Gasteiger partial charge in [0.25, 0.3) is 10.0 Å². The maximum Gasteiger partial charge on any atom is 0.261 e. The van der Waals surface area contributed by atoms with Crippen LogP contribution in [0.25, 0.3) is 0 Å². The minimum atomic E-state index is -3.71. The first-order chi connectivity index (χ1) is 11.2. The summed E-state index contributed by atoms with van der Waals surface area (Å²) in [4.78, 5) is 0.239. The van der Waals surface area contributed by atoms with E-state index < -0.39 is 20.0 Å². The van der Waals surface area contributed by atoms with E-state index in [1.807, 2.05) is 13.8 Å². The lowest BCUT2D eigenvalue weighted by Gasteiger charge is -2.10. The van der Waals surface area contributed by atoms with Crippen molar-refractivity contribution >= 4 is 25.7 Å². The molecule has 2 rings (SSSR count). The molecule has 0 bridgehead atoms. The molecule has 0 spiro atoms. The van der Waals surface area contributed by atoms with Crippen molar-refractivity contribution in [3.05, 3.63) is 54.1 Å². The van der Waals surface area contributed by atoms with Crippen LogP contribution in [0.3, 0.4) is 0 Å². The Morgan fingerprint density at radius 2 is 1.29 bits per heavy atom. The summed E-state index contributed by atoms with van der Waals surface area (Å²) >= 11 is 0. The minimum absolute atomic E-state index is 0.0919. The number of nitrogens with one attached hydrogen (secondary N) is 2. The van der Waals surface area contributed by atoms with Gasteiger partial charge in [-0.15, -0.1) is 0 Å². The molecule has 0 radical (unpaired) electrons. The van der Waals surface area contributed by atoms with Crippen LogP contribution >= 0.6 is 0 Å². The molecular weight excluding hydrogens is 348 g/mol. The molecule has 0 aliphatic heterocycles. The topological polar surface area (TPSA) is 92.3 Å². The van der Waals surface area contributed by atoms with Gasteiger partial charge in [-0.1, -0.05) is 24.6 Å². The highest BCUT2D eigenvalue weighted by Crippen LogP contribution is 2.18. The lowest BCUT2D eigenvalue weighted by molar-refractivity contribution is 0.581. The van der Waals surface area contributed by atoms with Crippen molar-refractivity contribution in [2.75, 3.05) is 11.3 Å². The van der Waals surface area contributed by atoms with E-state index in [9.17, 15) is 16.8 Å². The molecule has 0 fully saturated rings. The fourth-order valence-corrected chi connectivity index (χ4v) is 4.15. The Hall–Kier alpha value is -1.90. The molecule has 0 unspecified atom stereocenters.